The van der Waals surface area contributed by atoms with E-state index >= 15 is 0 Å². The van der Waals surface area contributed by atoms with Crippen molar-refractivity contribution in [3.8, 4) is 0 Å². The molecule has 0 aromatic heterocycles. The first-order valence-electron chi connectivity index (χ1n) is 7.38. The number of rotatable bonds is 8. The quantitative estimate of drug-likeness (QED) is 0.730. The summed E-state index contributed by atoms with van der Waals surface area (Å²) in [5.41, 5.74) is 5.97. The minimum absolute atomic E-state index is 0.149. The molecule has 0 bridgehead atoms. The molecule has 2 atom stereocenters. The molecular weight excluding hydrogens is 258 g/mol. The number of amides is 1. The second-order valence-electron chi connectivity index (χ2n) is 5.31. The Morgan fingerprint density at radius 1 is 1.47 bits per heavy atom. The molecule has 1 unspecified atom stereocenters. The fourth-order valence-corrected chi connectivity index (χ4v) is 3.12. The van der Waals surface area contributed by atoms with Crippen LogP contribution < -0.4 is 5.73 Å². The van der Waals surface area contributed by atoms with Gasteiger partial charge in [0.2, 0.25) is 5.91 Å². The highest BCUT2D eigenvalue weighted by molar-refractivity contribution is 7.98. The average Bonchev–Trinajstić information content (AvgIpc) is 2.89. The molecule has 0 aliphatic carbocycles. The van der Waals surface area contributed by atoms with Gasteiger partial charge in [-0.05, 0) is 43.9 Å². The maximum atomic E-state index is 12.2. The normalized spacial score (nSPS) is 21.1. The summed E-state index contributed by atoms with van der Waals surface area (Å²) in [4.78, 5) is 16.6. The van der Waals surface area contributed by atoms with Crippen molar-refractivity contribution in [3.05, 3.63) is 0 Å². The highest BCUT2D eigenvalue weighted by atomic mass is 32.2. The molecular formula is C14H29N3OS. The van der Waals surface area contributed by atoms with Crippen molar-refractivity contribution in [1.82, 2.24) is 9.80 Å². The van der Waals surface area contributed by atoms with E-state index in [0.717, 1.165) is 51.3 Å². The Hall–Kier alpha value is -0.260. The van der Waals surface area contributed by atoms with Crippen LogP contribution in [0.4, 0.5) is 0 Å². The summed E-state index contributed by atoms with van der Waals surface area (Å²) in [5.74, 6) is 1.73. The van der Waals surface area contributed by atoms with E-state index in [2.05, 4.69) is 18.7 Å². The number of thioether (sulfide) groups is 1. The molecule has 1 heterocycles. The van der Waals surface area contributed by atoms with E-state index in [9.17, 15) is 4.79 Å². The molecule has 112 valence electrons. The van der Waals surface area contributed by atoms with Gasteiger partial charge in [-0.2, -0.15) is 11.8 Å². The number of hydrogen-bond acceptors (Lipinski definition) is 4. The molecule has 1 aliphatic heterocycles. The largest absolute Gasteiger partial charge is 0.341 e. The van der Waals surface area contributed by atoms with E-state index in [1.54, 1.807) is 11.8 Å². The molecule has 5 heteroatoms. The predicted octanol–water partition coefficient (Wildman–Crippen LogP) is 1.26. The zero-order chi connectivity index (χ0) is 14.3. The Bertz CT molecular complexity index is 271. The third kappa shape index (κ3) is 5.32. The monoisotopic (exact) mass is 287 g/mol. The standard InChI is InChI=1S/C14H29N3OS/c1-4-16(5-2)10-12-6-8-17(11-12)14(18)13(15)7-9-19-3/h12-13H,4-11,15H2,1-3H3/t12?,13-/m0/s1. The van der Waals surface area contributed by atoms with Crippen molar-refractivity contribution in [1.29, 1.82) is 0 Å². The number of carbonyl (C=O) groups excluding carboxylic acids is 1. The van der Waals surface area contributed by atoms with Crippen LogP contribution in [0.25, 0.3) is 0 Å². The fraction of sp³-hybridized carbons (Fsp3) is 0.929. The first kappa shape index (κ1) is 16.8. The lowest BCUT2D eigenvalue weighted by molar-refractivity contribution is -0.131. The van der Waals surface area contributed by atoms with Crippen LogP contribution >= 0.6 is 11.8 Å². The summed E-state index contributed by atoms with van der Waals surface area (Å²) < 4.78 is 0. The van der Waals surface area contributed by atoms with Crippen molar-refractivity contribution >= 4 is 17.7 Å². The van der Waals surface area contributed by atoms with Gasteiger partial charge in [0.25, 0.3) is 0 Å². The molecule has 1 rings (SSSR count). The molecule has 0 spiro atoms. The summed E-state index contributed by atoms with van der Waals surface area (Å²) in [7, 11) is 0. The zero-order valence-electron chi connectivity index (χ0n) is 12.6. The summed E-state index contributed by atoms with van der Waals surface area (Å²) in [6.45, 7) is 9.46. The summed E-state index contributed by atoms with van der Waals surface area (Å²) in [6.07, 6.45) is 3.96. The molecule has 0 radical (unpaired) electrons. The zero-order valence-corrected chi connectivity index (χ0v) is 13.4. The van der Waals surface area contributed by atoms with Gasteiger partial charge < -0.3 is 15.5 Å². The maximum absolute atomic E-state index is 12.2. The topological polar surface area (TPSA) is 49.6 Å². The van der Waals surface area contributed by atoms with Crippen molar-refractivity contribution in [3.63, 3.8) is 0 Å². The molecule has 0 aromatic rings. The fourth-order valence-electron chi connectivity index (χ4n) is 2.63. The van der Waals surface area contributed by atoms with Crippen LogP contribution in [0.15, 0.2) is 0 Å². The van der Waals surface area contributed by atoms with Crippen molar-refractivity contribution in [2.24, 2.45) is 11.7 Å². The van der Waals surface area contributed by atoms with Gasteiger partial charge in [-0.1, -0.05) is 13.8 Å². The maximum Gasteiger partial charge on any atom is 0.239 e. The van der Waals surface area contributed by atoms with E-state index in [4.69, 9.17) is 5.73 Å². The third-order valence-electron chi connectivity index (χ3n) is 3.96. The molecule has 1 fully saturated rings. The Balaban J connectivity index is 2.36. The lowest BCUT2D eigenvalue weighted by atomic mass is 10.1. The van der Waals surface area contributed by atoms with E-state index in [-0.39, 0.29) is 11.9 Å². The molecule has 1 amide bonds. The van der Waals surface area contributed by atoms with E-state index in [1.807, 2.05) is 11.2 Å². The van der Waals surface area contributed by atoms with Crippen LogP contribution in [0.5, 0.6) is 0 Å². The van der Waals surface area contributed by atoms with Crippen LogP contribution in [-0.2, 0) is 4.79 Å². The highest BCUT2D eigenvalue weighted by Crippen LogP contribution is 2.18. The number of nitrogens with zero attached hydrogens (tertiary/aromatic N) is 2. The van der Waals surface area contributed by atoms with Crippen LogP contribution in [0.1, 0.15) is 26.7 Å². The lowest BCUT2D eigenvalue weighted by Gasteiger charge is -2.24. The number of nitrogens with two attached hydrogens (primary N) is 1. The third-order valence-corrected chi connectivity index (χ3v) is 4.60. The second kappa shape index (κ2) is 8.82. The smallest absolute Gasteiger partial charge is 0.239 e. The molecule has 4 nitrogen and oxygen atoms in total. The van der Waals surface area contributed by atoms with Crippen molar-refractivity contribution in [2.45, 2.75) is 32.7 Å². The van der Waals surface area contributed by atoms with Crippen LogP contribution in [0.3, 0.4) is 0 Å². The van der Waals surface area contributed by atoms with E-state index in [0.29, 0.717) is 5.92 Å². The van der Waals surface area contributed by atoms with Gasteiger partial charge in [0.05, 0.1) is 6.04 Å². The van der Waals surface area contributed by atoms with Crippen LogP contribution in [-0.4, -0.2) is 66.5 Å². The van der Waals surface area contributed by atoms with Gasteiger partial charge >= 0.3 is 0 Å². The molecule has 0 aromatic carbocycles. The average molecular weight is 287 g/mol. The molecule has 19 heavy (non-hydrogen) atoms. The van der Waals surface area contributed by atoms with Gasteiger partial charge in [-0.3, -0.25) is 4.79 Å². The van der Waals surface area contributed by atoms with E-state index < -0.39 is 0 Å². The Kier molecular flexibility index (Phi) is 7.80. The summed E-state index contributed by atoms with van der Waals surface area (Å²) >= 11 is 1.75. The first-order valence-corrected chi connectivity index (χ1v) is 8.77. The Morgan fingerprint density at radius 2 is 2.16 bits per heavy atom. The molecule has 1 saturated heterocycles. The second-order valence-corrected chi connectivity index (χ2v) is 6.30. The van der Waals surface area contributed by atoms with Gasteiger partial charge in [0, 0.05) is 19.6 Å². The molecule has 1 aliphatic rings. The lowest BCUT2D eigenvalue weighted by Crippen LogP contribution is -2.43. The number of likely N-dealkylation sites (tertiary alicyclic amines) is 1. The predicted molar refractivity (Wildman–Crippen MR) is 83.4 cm³/mol. The minimum atomic E-state index is -0.306. The van der Waals surface area contributed by atoms with Crippen molar-refractivity contribution in [2.75, 3.05) is 44.7 Å². The summed E-state index contributed by atoms with van der Waals surface area (Å²) in [5, 5.41) is 0. The minimum Gasteiger partial charge on any atom is -0.341 e. The number of hydrogen-bond donors (Lipinski definition) is 1. The summed E-state index contributed by atoms with van der Waals surface area (Å²) in [6, 6.07) is -0.306. The number of carbonyl (C=O) groups is 1. The Labute approximate surface area is 122 Å². The van der Waals surface area contributed by atoms with Gasteiger partial charge in [0.1, 0.15) is 0 Å². The molecule has 2 N–H and O–H groups in total. The van der Waals surface area contributed by atoms with Crippen LogP contribution in [0, 0.1) is 5.92 Å². The van der Waals surface area contributed by atoms with Crippen molar-refractivity contribution < 1.29 is 4.79 Å². The highest BCUT2D eigenvalue weighted by Gasteiger charge is 2.29. The van der Waals surface area contributed by atoms with E-state index in [1.165, 1.54) is 0 Å². The van der Waals surface area contributed by atoms with Crippen LogP contribution in [0.2, 0.25) is 0 Å². The first-order chi connectivity index (χ1) is 9.12. The van der Waals surface area contributed by atoms with Gasteiger partial charge in [-0.15, -0.1) is 0 Å². The SMILES string of the molecule is CCN(CC)CC1CCN(C(=O)[C@@H](N)CCSC)C1. The molecule has 0 saturated carbocycles. The van der Waals surface area contributed by atoms with Gasteiger partial charge in [-0.25, -0.2) is 0 Å². The Morgan fingerprint density at radius 3 is 2.74 bits per heavy atom. The van der Waals surface area contributed by atoms with Gasteiger partial charge in [0.15, 0.2) is 0 Å².